The molecule has 0 bridgehead atoms. The van der Waals surface area contributed by atoms with E-state index in [0.29, 0.717) is 12.1 Å². The monoisotopic (exact) mass is 228 g/mol. The van der Waals surface area contributed by atoms with Crippen molar-refractivity contribution in [2.45, 2.75) is 65.0 Å². The van der Waals surface area contributed by atoms with Crippen molar-refractivity contribution < 1.29 is 0 Å². The van der Waals surface area contributed by atoms with Gasteiger partial charge in [0.05, 0.1) is 0 Å². The van der Waals surface area contributed by atoms with Crippen LogP contribution in [0.5, 0.6) is 0 Å². The molecule has 88 valence electrons. The SMILES string of the molecule is CCC1CCC(NC(=S)NC(C)C)CC1. The molecule has 0 aromatic rings. The van der Waals surface area contributed by atoms with Gasteiger partial charge in [-0.25, -0.2) is 0 Å². The van der Waals surface area contributed by atoms with Crippen molar-refractivity contribution in [1.82, 2.24) is 10.6 Å². The molecule has 1 fully saturated rings. The van der Waals surface area contributed by atoms with Crippen molar-refractivity contribution in [3.8, 4) is 0 Å². The average molecular weight is 228 g/mol. The second-order valence-corrected chi connectivity index (χ2v) is 5.31. The summed E-state index contributed by atoms with van der Waals surface area (Å²) >= 11 is 5.25. The summed E-state index contributed by atoms with van der Waals surface area (Å²) in [6, 6.07) is 1.03. The van der Waals surface area contributed by atoms with Gasteiger partial charge in [-0.15, -0.1) is 0 Å². The molecule has 1 aliphatic rings. The molecule has 3 heteroatoms. The molecule has 0 aromatic heterocycles. The highest BCUT2D eigenvalue weighted by atomic mass is 32.1. The van der Waals surface area contributed by atoms with Gasteiger partial charge in [0, 0.05) is 12.1 Å². The van der Waals surface area contributed by atoms with Gasteiger partial charge in [0.15, 0.2) is 5.11 Å². The summed E-state index contributed by atoms with van der Waals surface area (Å²) < 4.78 is 0. The van der Waals surface area contributed by atoms with E-state index in [9.17, 15) is 0 Å². The largest absolute Gasteiger partial charge is 0.361 e. The molecule has 2 N–H and O–H groups in total. The van der Waals surface area contributed by atoms with E-state index in [1.165, 1.54) is 32.1 Å². The average Bonchev–Trinajstić information content (AvgIpc) is 2.17. The van der Waals surface area contributed by atoms with Crippen molar-refractivity contribution in [3.63, 3.8) is 0 Å². The summed E-state index contributed by atoms with van der Waals surface area (Å²) in [4.78, 5) is 0. The number of rotatable bonds is 3. The van der Waals surface area contributed by atoms with Gasteiger partial charge in [-0.1, -0.05) is 13.3 Å². The van der Waals surface area contributed by atoms with Crippen LogP contribution >= 0.6 is 12.2 Å². The van der Waals surface area contributed by atoms with Crippen LogP contribution in [0.1, 0.15) is 52.9 Å². The van der Waals surface area contributed by atoms with Gasteiger partial charge in [0.25, 0.3) is 0 Å². The topological polar surface area (TPSA) is 24.1 Å². The Morgan fingerprint density at radius 2 is 1.87 bits per heavy atom. The molecular formula is C12H24N2S. The Morgan fingerprint density at radius 3 is 2.33 bits per heavy atom. The molecule has 0 aromatic carbocycles. The first-order chi connectivity index (χ1) is 7.11. The zero-order chi connectivity index (χ0) is 11.3. The van der Waals surface area contributed by atoms with E-state index in [2.05, 4.69) is 31.4 Å². The fourth-order valence-corrected chi connectivity index (χ4v) is 2.61. The Labute approximate surface area is 99.2 Å². The minimum atomic E-state index is 0.428. The van der Waals surface area contributed by atoms with Gasteiger partial charge in [-0.05, 0) is 57.7 Å². The van der Waals surface area contributed by atoms with Crippen LogP contribution in [0.4, 0.5) is 0 Å². The van der Waals surface area contributed by atoms with Gasteiger partial charge < -0.3 is 10.6 Å². The molecule has 15 heavy (non-hydrogen) atoms. The zero-order valence-corrected chi connectivity index (χ0v) is 11.0. The van der Waals surface area contributed by atoms with Crippen LogP contribution in [0, 0.1) is 5.92 Å². The van der Waals surface area contributed by atoms with Crippen LogP contribution in [0.3, 0.4) is 0 Å². The zero-order valence-electron chi connectivity index (χ0n) is 10.2. The molecule has 0 atom stereocenters. The summed E-state index contributed by atoms with van der Waals surface area (Å²) in [7, 11) is 0. The van der Waals surface area contributed by atoms with Gasteiger partial charge in [0.2, 0.25) is 0 Å². The first-order valence-corrected chi connectivity index (χ1v) is 6.59. The van der Waals surface area contributed by atoms with Crippen molar-refractivity contribution in [2.24, 2.45) is 5.92 Å². The molecule has 0 aliphatic heterocycles. The third kappa shape index (κ3) is 4.83. The van der Waals surface area contributed by atoms with Gasteiger partial charge in [-0.2, -0.15) is 0 Å². The maximum absolute atomic E-state index is 5.25. The van der Waals surface area contributed by atoms with Crippen LogP contribution in [0.25, 0.3) is 0 Å². The highest BCUT2D eigenvalue weighted by Crippen LogP contribution is 2.26. The molecule has 1 aliphatic carbocycles. The maximum Gasteiger partial charge on any atom is 0.166 e. The molecule has 0 spiro atoms. The lowest BCUT2D eigenvalue weighted by molar-refractivity contribution is 0.304. The van der Waals surface area contributed by atoms with Gasteiger partial charge >= 0.3 is 0 Å². The van der Waals surface area contributed by atoms with Crippen molar-refractivity contribution in [2.75, 3.05) is 0 Å². The molecule has 1 saturated carbocycles. The van der Waals surface area contributed by atoms with E-state index in [4.69, 9.17) is 12.2 Å². The maximum atomic E-state index is 5.25. The van der Waals surface area contributed by atoms with E-state index in [1.54, 1.807) is 0 Å². The molecule has 1 rings (SSSR count). The molecule has 0 radical (unpaired) electrons. The quantitative estimate of drug-likeness (QED) is 0.726. The fourth-order valence-electron chi connectivity index (χ4n) is 2.20. The summed E-state index contributed by atoms with van der Waals surface area (Å²) in [6.45, 7) is 6.52. The summed E-state index contributed by atoms with van der Waals surface area (Å²) in [5, 5.41) is 7.47. The van der Waals surface area contributed by atoms with E-state index < -0.39 is 0 Å². The predicted octanol–water partition coefficient (Wildman–Crippen LogP) is 2.83. The number of thiocarbonyl (C=S) groups is 1. The lowest BCUT2D eigenvalue weighted by Gasteiger charge is -2.29. The summed E-state index contributed by atoms with van der Waals surface area (Å²) in [6.07, 6.45) is 6.61. The highest BCUT2D eigenvalue weighted by Gasteiger charge is 2.20. The lowest BCUT2D eigenvalue weighted by Crippen LogP contribution is -2.45. The minimum Gasteiger partial charge on any atom is -0.361 e. The molecule has 0 heterocycles. The summed E-state index contributed by atoms with van der Waals surface area (Å²) in [5.74, 6) is 0.953. The number of hydrogen-bond acceptors (Lipinski definition) is 1. The van der Waals surface area contributed by atoms with E-state index in [0.717, 1.165) is 11.0 Å². The first kappa shape index (κ1) is 12.8. The van der Waals surface area contributed by atoms with Crippen LogP contribution in [-0.4, -0.2) is 17.2 Å². The Bertz CT molecular complexity index is 196. The van der Waals surface area contributed by atoms with Crippen LogP contribution in [-0.2, 0) is 0 Å². The molecule has 0 saturated heterocycles. The predicted molar refractivity (Wildman–Crippen MR) is 70.0 cm³/mol. The molecule has 0 unspecified atom stereocenters. The van der Waals surface area contributed by atoms with Gasteiger partial charge in [0.1, 0.15) is 0 Å². The van der Waals surface area contributed by atoms with Crippen LogP contribution in [0.2, 0.25) is 0 Å². The second-order valence-electron chi connectivity index (χ2n) is 4.90. The minimum absolute atomic E-state index is 0.428. The summed E-state index contributed by atoms with van der Waals surface area (Å²) in [5.41, 5.74) is 0. The van der Waals surface area contributed by atoms with Crippen molar-refractivity contribution in [3.05, 3.63) is 0 Å². The molecule has 0 amide bonds. The number of nitrogens with one attached hydrogen (secondary N) is 2. The molecule has 2 nitrogen and oxygen atoms in total. The van der Waals surface area contributed by atoms with Crippen LogP contribution < -0.4 is 10.6 Å². The number of hydrogen-bond donors (Lipinski definition) is 2. The Balaban J connectivity index is 2.20. The Kier molecular flexibility index (Phi) is 5.37. The van der Waals surface area contributed by atoms with E-state index in [1.807, 2.05) is 0 Å². The van der Waals surface area contributed by atoms with E-state index in [-0.39, 0.29) is 0 Å². The molecular weight excluding hydrogens is 204 g/mol. The smallest absolute Gasteiger partial charge is 0.166 e. The standard InChI is InChI=1S/C12H24N2S/c1-4-10-5-7-11(8-6-10)14-12(15)13-9(2)3/h9-11H,4-8H2,1-3H3,(H2,13,14,15). The van der Waals surface area contributed by atoms with Crippen molar-refractivity contribution >= 4 is 17.3 Å². The Hall–Kier alpha value is -0.310. The fraction of sp³-hybridized carbons (Fsp3) is 0.917. The first-order valence-electron chi connectivity index (χ1n) is 6.18. The third-order valence-electron chi connectivity index (χ3n) is 3.18. The lowest BCUT2D eigenvalue weighted by atomic mass is 9.85. The highest BCUT2D eigenvalue weighted by molar-refractivity contribution is 7.80. The van der Waals surface area contributed by atoms with Gasteiger partial charge in [-0.3, -0.25) is 0 Å². The second kappa shape index (κ2) is 6.31. The third-order valence-corrected chi connectivity index (χ3v) is 3.41. The normalized spacial score (nSPS) is 26.4. The Morgan fingerprint density at radius 1 is 1.27 bits per heavy atom. The van der Waals surface area contributed by atoms with E-state index >= 15 is 0 Å². The van der Waals surface area contributed by atoms with Crippen LogP contribution in [0.15, 0.2) is 0 Å². The van der Waals surface area contributed by atoms with Crippen molar-refractivity contribution in [1.29, 1.82) is 0 Å².